The van der Waals surface area contributed by atoms with Crippen LogP contribution in [0.25, 0.3) is 0 Å². The SMILES string of the molecule is O=C=Nc1nc(Cl)sc1Cl. The average Bonchev–Trinajstić information content (AvgIpc) is 2.13. The molecule has 0 fully saturated rings. The third-order valence-electron chi connectivity index (χ3n) is 0.695. The molecule has 3 nitrogen and oxygen atoms in total. The lowest BCUT2D eigenvalue weighted by molar-refractivity contribution is 0.565. The molecule has 0 N–H and O–H groups in total. The first kappa shape index (κ1) is 7.69. The number of isocyanates is 1. The highest BCUT2D eigenvalue weighted by Gasteiger charge is 2.04. The van der Waals surface area contributed by atoms with Crippen molar-refractivity contribution in [3.63, 3.8) is 0 Å². The molecule has 6 heteroatoms. The molecule has 0 aliphatic carbocycles. The molecule has 0 radical (unpaired) electrons. The minimum Gasteiger partial charge on any atom is -0.211 e. The van der Waals surface area contributed by atoms with Crippen LogP contribution in [0.3, 0.4) is 0 Å². The molecular formula is C4Cl2N2OS. The fraction of sp³-hybridized carbons (Fsp3) is 0. The molecular weight excluding hydrogens is 195 g/mol. The molecule has 0 aliphatic rings. The Bertz CT molecular complexity index is 291. The molecule has 10 heavy (non-hydrogen) atoms. The summed E-state index contributed by atoms with van der Waals surface area (Å²) in [5, 5.41) is 0. The Kier molecular flexibility index (Phi) is 2.40. The summed E-state index contributed by atoms with van der Waals surface area (Å²) in [6.07, 6.45) is 1.31. The molecule has 0 atom stereocenters. The van der Waals surface area contributed by atoms with Crippen LogP contribution in [0.1, 0.15) is 0 Å². The lowest BCUT2D eigenvalue weighted by Gasteiger charge is -1.75. The Morgan fingerprint density at radius 1 is 1.60 bits per heavy atom. The number of nitrogens with zero attached hydrogens (tertiary/aromatic N) is 2. The molecule has 1 aromatic rings. The third-order valence-corrected chi connectivity index (χ3v) is 2.03. The van der Waals surface area contributed by atoms with Crippen molar-refractivity contribution in [3.8, 4) is 0 Å². The Balaban J connectivity index is 3.14. The molecule has 0 bridgehead atoms. The number of hydrogen-bond acceptors (Lipinski definition) is 4. The largest absolute Gasteiger partial charge is 0.242 e. The fourth-order valence-electron chi connectivity index (χ4n) is 0.382. The second kappa shape index (κ2) is 3.12. The van der Waals surface area contributed by atoms with Gasteiger partial charge in [-0.3, -0.25) is 0 Å². The Labute approximate surface area is 70.3 Å². The van der Waals surface area contributed by atoms with E-state index in [4.69, 9.17) is 23.2 Å². The van der Waals surface area contributed by atoms with Gasteiger partial charge in [-0.15, -0.1) is 4.99 Å². The zero-order valence-electron chi connectivity index (χ0n) is 4.47. The van der Waals surface area contributed by atoms with Gasteiger partial charge in [0.15, 0.2) is 10.3 Å². The third kappa shape index (κ3) is 1.55. The van der Waals surface area contributed by atoms with Crippen LogP contribution in [0.15, 0.2) is 4.99 Å². The van der Waals surface area contributed by atoms with Crippen molar-refractivity contribution < 1.29 is 4.79 Å². The van der Waals surface area contributed by atoms with Crippen LogP contribution in [0, 0.1) is 0 Å². The zero-order chi connectivity index (χ0) is 7.56. The summed E-state index contributed by atoms with van der Waals surface area (Å²) < 4.78 is 0.562. The van der Waals surface area contributed by atoms with Gasteiger partial charge in [0, 0.05) is 0 Å². The van der Waals surface area contributed by atoms with Crippen LogP contribution in [0.5, 0.6) is 0 Å². The molecule has 0 amide bonds. The highest BCUT2D eigenvalue weighted by molar-refractivity contribution is 7.20. The van der Waals surface area contributed by atoms with E-state index in [1.165, 1.54) is 6.08 Å². The minimum absolute atomic E-state index is 0.131. The van der Waals surface area contributed by atoms with Gasteiger partial charge in [-0.05, 0) is 0 Å². The Morgan fingerprint density at radius 3 is 2.70 bits per heavy atom. The quantitative estimate of drug-likeness (QED) is 0.510. The highest BCUT2D eigenvalue weighted by Crippen LogP contribution is 2.32. The van der Waals surface area contributed by atoms with Crippen LogP contribution in [0.4, 0.5) is 5.82 Å². The average molecular weight is 195 g/mol. The van der Waals surface area contributed by atoms with E-state index in [0.717, 1.165) is 11.3 Å². The number of hydrogen-bond donors (Lipinski definition) is 0. The van der Waals surface area contributed by atoms with Gasteiger partial charge < -0.3 is 0 Å². The normalized spacial score (nSPS) is 9.00. The second-order valence-corrected chi connectivity index (χ2v) is 3.45. The molecule has 52 valence electrons. The van der Waals surface area contributed by atoms with E-state index in [9.17, 15) is 4.79 Å². The highest BCUT2D eigenvalue weighted by atomic mass is 35.5. The predicted molar refractivity (Wildman–Crippen MR) is 39.9 cm³/mol. The van der Waals surface area contributed by atoms with Crippen molar-refractivity contribution >= 4 is 46.4 Å². The van der Waals surface area contributed by atoms with E-state index in [-0.39, 0.29) is 10.3 Å². The molecule has 0 saturated carbocycles. The first-order valence-corrected chi connectivity index (χ1v) is 3.71. The van der Waals surface area contributed by atoms with Crippen molar-refractivity contribution in [2.24, 2.45) is 4.99 Å². The van der Waals surface area contributed by atoms with Crippen molar-refractivity contribution in [2.45, 2.75) is 0 Å². The van der Waals surface area contributed by atoms with Crippen LogP contribution in [-0.2, 0) is 4.79 Å². The van der Waals surface area contributed by atoms with Gasteiger partial charge >= 0.3 is 0 Å². The first-order chi connectivity index (χ1) is 4.74. The van der Waals surface area contributed by atoms with Gasteiger partial charge in [-0.25, -0.2) is 9.78 Å². The smallest absolute Gasteiger partial charge is 0.211 e. The maximum Gasteiger partial charge on any atom is 0.242 e. The first-order valence-electron chi connectivity index (χ1n) is 2.13. The summed E-state index contributed by atoms with van der Waals surface area (Å²) in [6, 6.07) is 0. The standard InChI is InChI=1S/C4Cl2N2OS/c5-2-3(7-1-9)8-4(6)10-2. The molecule has 0 aliphatic heterocycles. The number of halogens is 2. The van der Waals surface area contributed by atoms with E-state index in [1.807, 2.05) is 0 Å². The topological polar surface area (TPSA) is 42.3 Å². The Hall–Kier alpha value is -0.410. The van der Waals surface area contributed by atoms with E-state index in [1.54, 1.807) is 0 Å². The van der Waals surface area contributed by atoms with Gasteiger partial charge in [0.1, 0.15) is 4.34 Å². The van der Waals surface area contributed by atoms with E-state index < -0.39 is 0 Å². The number of thiazole rings is 1. The lowest BCUT2D eigenvalue weighted by atomic mass is 10.8. The molecule has 0 saturated heterocycles. The van der Waals surface area contributed by atoms with Crippen molar-refractivity contribution in [3.05, 3.63) is 8.80 Å². The summed E-state index contributed by atoms with van der Waals surface area (Å²) in [5.74, 6) is 0.131. The maximum absolute atomic E-state index is 9.71. The van der Waals surface area contributed by atoms with E-state index >= 15 is 0 Å². The molecule has 0 unspecified atom stereocenters. The van der Waals surface area contributed by atoms with Crippen LogP contribution < -0.4 is 0 Å². The number of rotatable bonds is 1. The van der Waals surface area contributed by atoms with Crippen LogP contribution in [0.2, 0.25) is 8.80 Å². The summed E-state index contributed by atoms with van der Waals surface area (Å²) >= 11 is 12.0. The summed E-state index contributed by atoms with van der Waals surface area (Å²) in [4.78, 5) is 16.5. The lowest BCUT2D eigenvalue weighted by Crippen LogP contribution is -1.61. The van der Waals surface area contributed by atoms with E-state index in [0.29, 0.717) is 4.34 Å². The Morgan fingerprint density at radius 2 is 2.30 bits per heavy atom. The monoisotopic (exact) mass is 194 g/mol. The van der Waals surface area contributed by atoms with Gasteiger partial charge in [0.25, 0.3) is 0 Å². The maximum atomic E-state index is 9.71. The number of aliphatic imine (C=N–C) groups is 1. The minimum atomic E-state index is 0.131. The van der Waals surface area contributed by atoms with Gasteiger partial charge in [0.2, 0.25) is 6.08 Å². The van der Waals surface area contributed by atoms with E-state index in [2.05, 4.69) is 9.98 Å². The number of aromatic nitrogens is 1. The predicted octanol–water partition coefficient (Wildman–Crippen LogP) is 2.42. The van der Waals surface area contributed by atoms with Crippen LogP contribution in [-0.4, -0.2) is 11.1 Å². The van der Waals surface area contributed by atoms with Gasteiger partial charge in [0.05, 0.1) is 0 Å². The van der Waals surface area contributed by atoms with Gasteiger partial charge in [-0.2, -0.15) is 0 Å². The van der Waals surface area contributed by atoms with Crippen molar-refractivity contribution in [1.82, 2.24) is 4.98 Å². The van der Waals surface area contributed by atoms with Crippen molar-refractivity contribution in [2.75, 3.05) is 0 Å². The molecule has 0 spiro atoms. The van der Waals surface area contributed by atoms with Crippen LogP contribution >= 0.6 is 34.5 Å². The van der Waals surface area contributed by atoms with Gasteiger partial charge in [-0.1, -0.05) is 34.5 Å². The second-order valence-electron chi connectivity index (χ2n) is 1.27. The molecule has 0 aromatic carbocycles. The van der Waals surface area contributed by atoms with Crippen molar-refractivity contribution in [1.29, 1.82) is 0 Å². The zero-order valence-corrected chi connectivity index (χ0v) is 6.80. The summed E-state index contributed by atoms with van der Waals surface area (Å²) in [5.41, 5.74) is 0. The molecule has 1 heterocycles. The molecule has 1 aromatic heterocycles. The molecule has 1 rings (SSSR count). The summed E-state index contributed by atoms with van der Waals surface area (Å²) in [6.45, 7) is 0. The summed E-state index contributed by atoms with van der Waals surface area (Å²) in [7, 11) is 0. The number of carbonyl (C=O) groups excluding carboxylic acids is 1. The fourth-order valence-corrected chi connectivity index (χ4v) is 1.58.